The molecule has 1 aromatic rings. The third-order valence-corrected chi connectivity index (χ3v) is 6.29. The Hall–Kier alpha value is -2.13. The minimum Gasteiger partial charge on any atom is -0.450 e. The zero-order chi connectivity index (χ0) is 20.0. The number of amides is 2. The van der Waals surface area contributed by atoms with Crippen LogP contribution in [0, 0.1) is 6.92 Å². The van der Waals surface area contributed by atoms with Gasteiger partial charge in [0.25, 0.3) is 5.91 Å². The summed E-state index contributed by atoms with van der Waals surface area (Å²) in [6.45, 7) is 7.18. The Bertz CT molecular complexity index is 786. The predicted molar refractivity (Wildman–Crippen MR) is 101 cm³/mol. The molecule has 2 amide bonds. The summed E-state index contributed by atoms with van der Waals surface area (Å²) in [5, 5.41) is 2.77. The molecule has 1 fully saturated rings. The van der Waals surface area contributed by atoms with Gasteiger partial charge in [-0.1, -0.05) is 13.0 Å². The maximum atomic E-state index is 12.9. The highest BCUT2D eigenvalue weighted by atomic mass is 32.2. The molecule has 1 N–H and O–H groups in total. The average molecular weight is 397 g/mol. The van der Waals surface area contributed by atoms with Crippen LogP contribution in [-0.4, -0.2) is 69.0 Å². The van der Waals surface area contributed by atoms with E-state index in [2.05, 4.69) is 5.32 Å². The van der Waals surface area contributed by atoms with Gasteiger partial charge in [-0.25, -0.2) is 13.2 Å². The van der Waals surface area contributed by atoms with Crippen molar-refractivity contribution < 1.29 is 22.7 Å². The second-order valence-electron chi connectivity index (χ2n) is 6.32. The fraction of sp³-hybridized carbons (Fsp3) is 0.556. The van der Waals surface area contributed by atoms with Crippen LogP contribution in [0.2, 0.25) is 0 Å². The van der Waals surface area contributed by atoms with E-state index in [1.807, 2.05) is 6.92 Å². The molecule has 0 atom stereocenters. The van der Waals surface area contributed by atoms with Gasteiger partial charge in [-0.3, -0.25) is 4.79 Å². The maximum absolute atomic E-state index is 12.9. The largest absolute Gasteiger partial charge is 0.450 e. The Balaban J connectivity index is 2.15. The van der Waals surface area contributed by atoms with Crippen molar-refractivity contribution in [1.29, 1.82) is 0 Å². The molecule has 1 heterocycles. The van der Waals surface area contributed by atoms with Crippen LogP contribution in [0.15, 0.2) is 23.1 Å². The van der Waals surface area contributed by atoms with E-state index in [0.717, 1.165) is 12.0 Å². The second kappa shape index (κ2) is 9.18. The highest BCUT2D eigenvalue weighted by Crippen LogP contribution is 2.21. The summed E-state index contributed by atoms with van der Waals surface area (Å²) in [4.78, 5) is 25.6. The van der Waals surface area contributed by atoms with E-state index < -0.39 is 16.1 Å². The van der Waals surface area contributed by atoms with Gasteiger partial charge in [-0.15, -0.1) is 0 Å². The van der Waals surface area contributed by atoms with Crippen molar-refractivity contribution in [2.45, 2.75) is 32.1 Å². The van der Waals surface area contributed by atoms with Crippen molar-refractivity contribution in [1.82, 2.24) is 14.5 Å². The maximum Gasteiger partial charge on any atom is 0.409 e. The van der Waals surface area contributed by atoms with Crippen molar-refractivity contribution in [2.24, 2.45) is 0 Å². The lowest BCUT2D eigenvalue weighted by molar-refractivity contribution is 0.0930. The zero-order valence-electron chi connectivity index (χ0n) is 16.0. The number of ether oxygens (including phenoxy) is 1. The molecule has 0 radical (unpaired) electrons. The molecule has 0 bridgehead atoms. The van der Waals surface area contributed by atoms with E-state index in [-0.39, 0.29) is 43.6 Å². The molecule has 0 spiro atoms. The highest BCUT2D eigenvalue weighted by Gasteiger charge is 2.31. The number of hydrogen-bond acceptors (Lipinski definition) is 5. The molecule has 0 aromatic heterocycles. The van der Waals surface area contributed by atoms with Gasteiger partial charge in [0.15, 0.2) is 0 Å². The van der Waals surface area contributed by atoms with Crippen molar-refractivity contribution in [3.05, 3.63) is 29.3 Å². The molecular weight excluding hydrogens is 370 g/mol. The minimum absolute atomic E-state index is 0.0827. The molecule has 0 aliphatic carbocycles. The summed E-state index contributed by atoms with van der Waals surface area (Å²) in [6.07, 6.45) is 0.368. The van der Waals surface area contributed by atoms with Crippen LogP contribution in [-0.2, 0) is 14.8 Å². The number of nitrogens with one attached hydrogen (secondary N) is 1. The van der Waals surface area contributed by atoms with Crippen molar-refractivity contribution in [3.63, 3.8) is 0 Å². The molecular formula is C18H27N3O5S. The molecule has 1 aliphatic heterocycles. The first-order valence-electron chi connectivity index (χ1n) is 9.12. The van der Waals surface area contributed by atoms with Crippen LogP contribution in [0.4, 0.5) is 4.79 Å². The Morgan fingerprint density at radius 1 is 1.15 bits per heavy atom. The summed E-state index contributed by atoms with van der Waals surface area (Å²) in [5.41, 5.74) is 1.07. The number of piperazine rings is 1. The van der Waals surface area contributed by atoms with Crippen LogP contribution >= 0.6 is 0 Å². The molecule has 150 valence electrons. The molecule has 1 aromatic carbocycles. The Morgan fingerprint density at radius 2 is 1.81 bits per heavy atom. The topological polar surface area (TPSA) is 96.0 Å². The Morgan fingerprint density at radius 3 is 2.41 bits per heavy atom. The second-order valence-corrected chi connectivity index (χ2v) is 8.26. The minimum atomic E-state index is -3.74. The van der Waals surface area contributed by atoms with Gasteiger partial charge in [-0.05, 0) is 38.0 Å². The first-order valence-corrected chi connectivity index (χ1v) is 10.6. The summed E-state index contributed by atoms with van der Waals surface area (Å²) < 4.78 is 32.2. The number of hydrogen-bond donors (Lipinski definition) is 1. The number of carbonyl (C=O) groups excluding carboxylic acids is 2. The van der Waals surface area contributed by atoms with E-state index in [0.29, 0.717) is 12.1 Å². The van der Waals surface area contributed by atoms with E-state index in [4.69, 9.17) is 4.74 Å². The first kappa shape index (κ1) is 21.2. The van der Waals surface area contributed by atoms with E-state index in [1.54, 1.807) is 19.9 Å². The zero-order valence-corrected chi connectivity index (χ0v) is 16.8. The standard InChI is InChI=1S/C18H27N3O5S/c1-4-8-19-17(22)16-13-15(7-6-14(16)3)27(24,25)21-11-9-20(10-12-21)18(23)26-5-2/h6-7,13H,4-5,8-12H2,1-3H3,(H,19,22). The third-order valence-electron chi connectivity index (χ3n) is 4.39. The molecule has 27 heavy (non-hydrogen) atoms. The number of nitrogens with zero attached hydrogens (tertiary/aromatic N) is 2. The number of aryl methyl sites for hydroxylation is 1. The molecule has 8 nitrogen and oxygen atoms in total. The molecule has 0 saturated carbocycles. The molecule has 1 saturated heterocycles. The number of benzene rings is 1. The molecule has 1 aliphatic rings. The van der Waals surface area contributed by atoms with Gasteiger partial charge in [0.2, 0.25) is 10.0 Å². The van der Waals surface area contributed by atoms with E-state index in [1.165, 1.54) is 21.3 Å². The third kappa shape index (κ3) is 4.98. The highest BCUT2D eigenvalue weighted by molar-refractivity contribution is 7.89. The van der Waals surface area contributed by atoms with Crippen molar-refractivity contribution >= 4 is 22.0 Å². The summed E-state index contributed by atoms with van der Waals surface area (Å²) in [5.74, 6) is -0.279. The van der Waals surface area contributed by atoms with E-state index in [9.17, 15) is 18.0 Å². The number of rotatable bonds is 6. The predicted octanol–water partition coefficient (Wildman–Crippen LogP) is 1.60. The van der Waals surface area contributed by atoms with Crippen LogP contribution in [0.5, 0.6) is 0 Å². The number of carbonyl (C=O) groups is 2. The monoisotopic (exact) mass is 397 g/mol. The molecule has 2 rings (SSSR count). The summed E-state index contributed by atoms with van der Waals surface area (Å²) in [7, 11) is -3.74. The van der Waals surface area contributed by atoms with Gasteiger partial charge in [0.1, 0.15) is 0 Å². The SMILES string of the molecule is CCCNC(=O)c1cc(S(=O)(=O)N2CCN(C(=O)OCC)CC2)ccc1C. The van der Waals surface area contributed by atoms with Gasteiger partial charge in [0.05, 0.1) is 11.5 Å². The fourth-order valence-electron chi connectivity index (χ4n) is 2.81. The van der Waals surface area contributed by atoms with Gasteiger partial charge in [-0.2, -0.15) is 4.31 Å². The molecule has 0 unspecified atom stereocenters. The fourth-order valence-corrected chi connectivity index (χ4v) is 4.26. The van der Waals surface area contributed by atoms with Crippen LogP contribution in [0.3, 0.4) is 0 Å². The lowest BCUT2D eigenvalue weighted by atomic mass is 10.1. The van der Waals surface area contributed by atoms with Crippen LogP contribution < -0.4 is 5.32 Å². The quantitative estimate of drug-likeness (QED) is 0.787. The summed E-state index contributed by atoms with van der Waals surface area (Å²) >= 11 is 0. The average Bonchev–Trinajstić information content (AvgIpc) is 2.66. The van der Waals surface area contributed by atoms with Crippen LogP contribution in [0.1, 0.15) is 36.2 Å². The Kier molecular flexibility index (Phi) is 7.20. The van der Waals surface area contributed by atoms with Gasteiger partial charge >= 0.3 is 6.09 Å². The molecule has 9 heteroatoms. The van der Waals surface area contributed by atoms with Crippen molar-refractivity contribution in [3.8, 4) is 0 Å². The Labute approximate surface area is 160 Å². The van der Waals surface area contributed by atoms with E-state index >= 15 is 0 Å². The van der Waals surface area contributed by atoms with Gasteiger partial charge in [0, 0.05) is 38.3 Å². The number of sulfonamides is 1. The van der Waals surface area contributed by atoms with Crippen molar-refractivity contribution in [2.75, 3.05) is 39.3 Å². The van der Waals surface area contributed by atoms with Crippen LogP contribution in [0.25, 0.3) is 0 Å². The lowest BCUT2D eigenvalue weighted by Crippen LogP contribution is -2.50. The van der Waals surface area contributed by atoms with Gasteiger partial charge < -0.3 is 15.0 Å². The summed E-state index contributed by atoms with van der Waals surface area (Å²) in [6, 6.07) is 4.58. The lowest BCUT2D eigenvalue weighted by Gasteiger charge is -2.33. The smallest absolute Gasteiger partial charge is 0.409 e. The first-order chi connectivity index (χ1) is 12.8. The normalized spacial score (nSPS) is 15.4.